The highest BCUT2D eigenvalue weighted by molar-refractivity contribution is 6.14. The molecule has 3 heterocycles. The van der Waals surface area contributed by atoms with Gasteiger partial charge >= 0.3 is 0 Å². The molecule has 3 aromatic heterocycles. The topological polar surface area (TPSA) is 237 Å². The molecule has 0 atom stereocenters. The number of nitriles is 9. The lowest BCUT2D eigenvalue weighted by atomic mass is 9.95. The van der Waals surface area contributed by atoms with Crippen LogP contribution in [0.5, 0.6) is 0 Å². The van der Waals surface area contributed by atoms with E-state index >= 15 is 0 Å². The average Bonchev–Trinajstić information content (AvgIpc) is 4.15. The van der Waals surface area contributed by atoms with Crippen LogP contribution in [0, 0.1) is 102 Å². The van der Waals surface area contributed by atoms with Crippen molar-refractivity contribution < 1.29 is 0 Å². The summed E-state index contributed by atoms with van der Waals surface area (Å²) in [6.45, 7) is 0. The third kappa shape index (κ3) is 7.82. The summed E-state index contributed by atoms with van der Waals surface area (Å²) in [7, 11) is 0. The number of rotatable bonds is 7. The Hall–Kier alpha value is -12.9. The van der Waals surface area contributed by atoms with Gasteiger partial charge in [0, 0.05) is 45.1 Å². The van der Waals surface area contributed by atoms with Crippen LogP contribution >= 0.6 is 0 Å². The highest BCUT2D eigenvalue weighted by Crippen LogP contribution is 2.45. The van der Waals surface area contributed by atoms with Gasteiger partial charge in [-0.1, -0.05) is 54.6 Å². The Labute approximate surface area is 456 Å². The van der Waals surface area contributed by atoms with Crippen LogP contribution in [0.25, 0.3) is 111 Å². The van der Waals surface area contributed by atoms with Crippen molar-refractivity contribution in [2.45, 2.75) is 0 Å². The van der Waals surface area contributed by atoms with Gasteiger partial charge in [-0.25, -0.2) is 0 Å². The van der Waals surface area contributed by atoms with Gasteiger partial charge in [0.2, 0.25) is 0 Å². The minimum absolute atomic E-state index is 0.319. The summed E-state index contributed by atoms with van der Waals surface area (Å²) in [5.74, 6) is 0. The van der Waals surface area contributed by atoms with E-state index in [1.54, 1.807) is 85.2 Å². The standard InChI is InChI=1S/C68H30N12/c69-30-40-3-11-54(49(20-40)34-73)44-7-15-63-59(24-44)60-25-45(55-12-4-41(31-70)21-50(55)35-74)8-16-64(60)79(63)67-28-53(38-77)58(48-2-1-19-78-39-48)29-68(67)80-65-17-9-46(56-13-5-42(32-71)22-51(56)36-75)26-61(65)62-27-47(10-18-66(62)80)57-14-6-43(33-72)23-52(57)37-76/h1-29,39H. The van der Waals surface area contributed by atoms with Crippen molar-refractivity contribution in [3.8, 4) is 122 Å². The number of fused-ring (bicyclic) bond motifs is 6. The molecule has 0 spiro atoms. The lowest BCUT2D eigenvalue weighted by molar-refractivity contribution is 1.09. The normalized spacial score (nSPS) is 10.6. The van der Waals surface area contributed by atoms with Crippen molar-refractivity contribution in [1.29, 1.82) is 47.4 Å². The molecule has 0 aliphatic carbocycles. The Kier molecular flexibility index (Phi) is 11.7. The zero-order valence-electron chi connectivity index (χ0n) is 41.7. The maximum absolute atomic E-state index is 11.2. The van der Waals surface area contributed by atoms with Gasteiger partial charge in [0.25, 0.3) is 0 Å². The maximum Gasteiger partial charge on any atom is 0.0999 e. The molecule has 362 valence electrons. The Morgan fingerprint density at radius 1 is 0.275 bits per heavy atom. The van der Waals surface area contributed by atoms with E-state index < -0.39 is 0 Å². The second-order valence-electron chi connectivity index (χ2n) is 18.8. The zero-order valence-corrected chi connectivity index (χ0v) is 41.7. The van der Waals surface area contributed by atoms with E-state index in [0.29, 0.717) is 117 Å². The molecule has 0 N–H and O–H groups in total. The molecule has 0 saturated carbocycles. The van der Waals surface area contributed by atoms with Crippen molar-refractivity contribution in [3.05, 3.63) is 232 Å². The second kappa shape index (κ2) is 19.4. The Morgan fingerprint density at radius 2 is 0.588 bits per heavy atom. The Balaban J connectivity index is 1.21. The molecule has 0 fully saturated rings. The van der Waals surface area contributed by atoms with Gasteiger partial charge in [-0.05, 0) is 160 Å². The lowest BCUT2D eigenvalue weighted by Gasteiger charge is -2.20. The molecule has 12 nitrogen and oxygen atoms in total. The number of hydrogen-bond acceptors (Lipinski definition) is 10. The molecule has 0 unspecified atom stereocenters. The number of hydrogen-bond donors (Lipinski definition) is 0. The number of benzene rings is 9. The summed E-state index contributed by atoms with van der Waals surface area (Å²) in [6.07, 6.45) is 3.37. The summed E-state index contributed by atoms with van der Waals surface area (Å²) < 4.78 is 4.23. The van der Waals surface area contributed by atoms with Crippen LogP contribution in [0.2, 0.25) is 0 Å². The average molecular weight is 1020 g/mol. The summed E-state index contributed by atoms with van der Waals surface area (Å²) >= 11 is 0. The number of nitrogens with zero attached hydrogens (tertiary/aromatic N) is 12. The van der Waals surface area contributed by atoms with Crippen LogP contribution in [-0.2, 0) is 0 Å². The second-order valence-corrected chi connectivity index (χ2v) is 18.8. The van der Waals surface area contributed by atoms with Gasteiger partial charge in [-0.3, -0.25) is 4.98 Å². The first kappa shape index (κ1) is 48.1. The van der Waals surface area contributed by atoms with E-state index in [4.69, 9.17) is 0 Å². The van der Waals surface area contributed by atoms with Gasteiger partial charge in [0.1, 0.15) is 0 Å². The van der Waals surface area contributed by atoms with Crippen LogP contribution < -0.4 is 0 Å². The largest absolute Gasteiger partial charge is 0.307 e. The van der Waals surface area contributed by atoms with Crippen LogP contribution in [0.4, 0.5) is 0 Å². The predicted octanol–water partition coefficient (Wildman–Crippen LogP) is 14.5. The smallest absolute Gasteiger partial charge is 0.0999 e. The van der Waals surface area contributed by atoms with Gasteiger partial charge < -0.3 is 9.13 Å². The lowest BCUT2D eigenvalue weighted by Crippen LogP contribution is -2.05. The van der Waals surface area contributed by atoms with Crippen molar-refractivity contribution in [1.82, 2.24) is 14.1 Å². The van der Waals surface area contributed by atoms with E-state index in [1.165, 1.54) is 0 Å². The van der Waals surface area contributed by atoms with Gasteiger partial charge in [-0.2, -0.15) is 47.4 Å². The zero-order chi connectivity index (χ0) is 55.2. The monoisotopic (exact) mass is 1010 g/mol. The Morgan fingerprint density at radius 3 is 0.875 bits per heavy atom. The van der Waals surface area contributed by atoms with Crippen LogP contribution in [0.1, 0.15) is 50.1 Å². The molecule has 9 aromatic carbocycles. The van der Waals surface area contributed by atoms with Crippen LogP contribution in [0.3, 0.4) is 0 Å². The van der Waals surface area contributed by atoms with Crippen LogP contribution in [-0.4, -0.2) is 14.1 Å². The molecule has 0 amide bonds. The molecule has 12 aromatic rings. The molecule has 0 aliphatic rings. The first-order chi connectivity index (χ1) is 39.2. The van der Waals surface area contributed by atoms with Crippen LogP contribution in [0.15, 0.2) is 182 Å². The SMILES string of the molecule is N#Cc1ccc(-c2ccc3c(c2)c2cc(-c4ccc(C#N)cc4C#N)ccc2n3-c2cc(C#N)c(-c3cccnc3)cc2-n2c3ccc(-c4ccc(C#N)cc4C#N)cc3c3cc(-c4ccc(C#N)cc4C#N)ccc32)c(C#N)c1. The van der Waals surface area contributed by atoms with Gasteiger partial charge in [-0.15, -0.1) is 0 Å². The summed E-state index contributed by atoms with van der Waals surface area (Å²) in [5, 5.41) is 94.6. The van der Waals surface area contributed by atoms with Crippen molar-refractivity contribution in [3.63, 3.8) is 0 Å². The fourth-order valence-corrected chi connectivity index (χ4v) is 10.9. The fourth-order valence-electron chi connectivity index (χ4n) is 10.9. The molecular weight excluding hydrogens is 985 g/mol. The number of aromatic nitrogens is 3. The quantitative estimate of drug-likeness (QED) is 0.146. The minimum Gasteiger partial charge on any atom is -0.307 e. The fraction of sp³-hybridized carbons (Fsp3) is 0. The van der Waals surface area contributed by atoms with E-state index in [1.807, 2.05) is 97.1 Å². The van der Waals surface area contributed by atoms with Crippen molar-refractivity contribution in [2.75, 3.05) is 0 Å². The molecule has 12 rings (SSSR count). The number of pyridine rings is 1. The van der Waals surface area contributed by atoms with Crippen molar-refractivity contribution >= 4 is 43.6 Å². The summed E-state index contributed by atoms with van der Waals surface area (Å²) in [6, 6.07) is 71.3. The van der Waals surface area contributed by atoms with E-state index in [0.717, 1.165) is 43.6 Å². The third-order valence-corrected chi connectivity index (χ3v) is 14.5. The summed E-state index contributed by atoms with van der Waals surface area (Å²) in [4.78, 5) is 4.45. The molecule has 12 heteroatoms. The molecule has 0 saturated heterocycles. The predicted molar refractivity (Wildman–Crippen MR) is 303 cm³/mol. The third-order valence-electron chi connectivity index (χ3n) is 14.5. The molecule has 0 radical (unpaired) electrons. The van der Waals surface area contributed by atoms with E-state index in [2.05, 4.69) is 68.7 Å². The molecule has 80 heavy (non-hydrogen) atoms. The minimum atomic E-state index is 0.319. The highest BCUT2D eigenvalue weighted by Gasteiger charge is 2.25. The van der Waals surface area contributed by atoms with E-state index in [9.17, 15) is 47.4 Å². The first-order valence-corrected chi connectivity index (χ1v) is 24.7. The van der Waals surface area contributed by atoms with Gasteiger partial charge in [0.15, 0.2) is 0 Å². The van der Waals surface area contributed by atoms with Crippen molar-refractivity contribution in [2.24, 2.45) is 0 Å². The van der Waals surface area contributed by atoms with E-state index in [-0.39, 0.29) is 0 Å². The maximum atomic E-state index is 11.2. The molecule has 0 bridgehead atoms. The summed E-state index contributed by atoms with van der Waals surface area (Å²) in [5.41, 5.74) is 13.9. The van der Waals surface area contributed by atoms with Gasteiger partial charge in [0.05, 0.1) is 138 Å². The molecule has 0 aliphatic heterocycles. The molecular formula is C68H30N12. The Bertz CT molecular complexity index is 4860. The highest BCUT2D eigenvalue weighted by atomic mass is 15.1. The first-order valence-electron chi connectivity index (χ1n) is 24.7.